The van der Waals surface area contributed by atoms with E-state index in [-0.39, 0.29) is 24.6 Å². The molecule has 1 fully saturated rings. The summed E-state index contributed by atoms with van der Waals surface area (Å²) in [5.41, 5.74) is 0.570. The number of carbonyl (C=O) groups is 2. The molecule has 1 saturated heterocycles. The van der Waals surface area contributed by atoms with E-state index in [0.29, 0.717) is 17.2 Å². The van der Waals surface area contributed by atoms with E-state index < -0.39 is 17.8 Å². The normalized spacial score (nSPS) is 17.0. The summed E-state index contributed by atoms with van der Waals surface area (Å²) in [6.07, 6.45) is 0. The highest BCUT2D eigenvalue weighted by Gasteiger charge is 2.37. The number of hydrogen-bond donors (Lipinski definition) is 0. The lowest BCUT2D eigenvalue weighted by Crippen LogP contribution is -2.58. The van der Waals surface area contributed by atoms with E-state index in [1.54, 1.807) is 43.2 Å². The summed E-state index contributed by atoms with van der Waals surface area (Å²) in [7, 11) is 3.07. The Balaban J connectivity index is 1.85. The van der Waals surface area contributed by atoms with Crippen molar-refractivity contribution in [1.82, 2.24) is 4.90 Å². The van der Waals surface area contributed by atoms with Crippen LogP contribution in [0.5, 0.6) is 11.5 Å². The fourth-order valence-corrected chi connectivity index (χ4v) is 3.18. The van der Waals surface area contributed by atoms with Gasteiger partial charge in [0.2, 0.25) is 5.91 Å². The molecule has 0 radical (unpaired) electrons. The second-order valence-electron chi connectivity index (χ2n) is 6.18. The van der Waals surface area contributed by atoms with Crippen LogP contribution in [0.2, 0.25) is 0 Å². The number of halogens is 1. The second-order valence-corrected chi connectivity index (χ2v) is 6.18. The summed E-state index contributed by atoms with van der Waals surface area (Å²) in [6, 6.07) is 10.2. The van der Waals surface area contributed by atoms with E-state index in [0.717, 1.165) is 0 Å². The molecule has 0 aliphatic carbocycles. The predicted octanol–water partition coefficient (Wildman–Crippen LogP) is 2.72. The molecule has 0 spiro atoms. The van der Waals surface area contributed by atoms with E-state index >= 15 is 0 Å². The molecule has 27 heavy (non-hydrogen) atoms. The van der Waals surface area contributed by atoms with Gasteiger partial charge in [-0.05, 0) is 31.2 Å². The van der Waals surface area contributed by atoms with Crippen molar-refractivity contribution in [3.8, 4) is 11.5 Å². The van der Waals surface area contributed by atoms with Crippen molar-refractivity contribution >= 4 is 17.5 Å². The van der Waals surface area contributed by atoms with Crippen LogP contribution < -0.4 is 14.4 Å². The summed E-state index contributed by atoms with van der Waals surface area (Å²) in [5, 5.41) is 0. The Kier molecular flexibility index (Phi) is 5.30. The Morgan fingerprint density at radius 1 is 1.11 bits per heavy atom. The van der Waals surface area contributed by atoms with Crippen LogP contribution >= 0.6 is 0 Å². The number of carbonyl (C=O) groups excluding carboxylic acids is 2. The van der Waals surface area contributed by atoms with Gasteiger partial charge in [0, 0.05) is 19.2 Å². The average Bonchev–Trinajstić information content (AvgIpc) is 2.69. The van der Waals surface area contributed by atoms with Crippen molar-refractivity contribution in [1.29, 1.82) is 0 Å². The highest BCUT2D eigenvalue weighted by atomic mass is 19.1. The van der Waals surface area contributed by atoms with Gasteiger partial charge in [-0.15, -0.1) is 0 Å². The first-order valence-corrected chi connectivity index (χ1v) is 8.56. The van der Waals surface area contributed by atoms with Gasteiger partial charge in [-0.25, -0.2) is 4.39 Å². The minimum absolute atomic E-state index is 0.0346. The third kappa shape index (κ3) is 3.45. The topological polar surface area (TPSA) is 59.1 Å². The van der Waals surface area contributed by atoms with Crippen molar-refractivity contribution < 1.29 is 23.5 Å². The zero-order valence-corrected chi connectivity index (χ0v) is 15.4. The van der Waals surface area contributed by atoms with Crippen molar-refractivity contribution in [2.75, 3.05) is 32.2 Å². The molecule has 1 atom stereocenters. The largest absolute Gasteiger partial charge is 0.497 e. The number of rotatable bonds is 4. The molecule has 2 aromatic carbocycles. The van der Waals surface area contributed by atoms with E-state index in [1.165, 1.54) is 30.2 Å². The number of piperazine rings is 1. The first-order chi connectivity index (χ1) is 13.0. The molecule has 1 unspecified atom stereocenters. The lowest BCUT2D eigenvalue weighted by molar-refractivity contribution is -0.124. The molecule has 6 nitrogen and oxygen atoms in total. The molecule has 3 rings (SSSR count). The van der Waals surface area contributed by atoms with Gasteiger partial charge >= 0.3 is 0 Å². The Labute approximate surface area is 157 Å². The lowest BCUT2D eigenvalue weighted by atomic mass is 10.1. The minimum atomic E-state index is -0.724. The first-order valence-electron chi connectivity index (χ1n) is 8.56. The van der Waals surface area contributed by atoms with Crippen LogP contribution in [0, 0.1) is 5.82 Å². The Bertz CT molecular complexity index is 871. The summed E-state index contributed by atoms with van der Waals surface area (Å²) >= 11 is 0. The standard InChI is InChI=1S/C20H21FN2O4/c1-13-19(24)23(17-9-8-14(26-2)12-18(17)27-3)11-10-22(13)20(25)15-6-4-5-7-16(15)21/h4-9,12-13H,10-11H2,1-3H3. The lowest BCUT2D eigenvalue weighted by Gasteiger charge is -2.39. The van der Waals surface area contributed by atoms with Crippen LogP contribution in [0.15, 0.2) is 42.5 Å². The van der Waals surface area contributed by atoms with E-state index in [9.17, 15) is 14.0 Å². The molecule has 142 valence electrons. The van der Waals surface area contributed by atoms with Crippen LogP contribution in [-0.2, 0) is 4.79 Å². The third-order valence-electron chi connectivity index (χ3n) is 4.70. The Morgan fingerprint density at radius 2 is 1.85 bits per heavy atom. The molecular weight excluding hydrogens is 351 g/mol. The number of ether oxygens (including phenoxy) is 2. The zero-order valence-electron chi connectivity index (χ0n) is 15.4. The Hall–Kier alpha value is -3.09. The van der Waals surface area contributed by atoms with Crippen LogP contribution in [0.4, 0.5) is 10.1 Å². The fourth-order valence-electron chi connectivity index (χ4n) is 3.18. The van der Waals surface area contributed by atoms with E-state index in [4.69, 9.17) is 9.47 Å². The highest BCUT2D eigenvalue weighted by Crippen LogP contribution is 2.34. The predicted molar refractivity (Wildman–Crippen MR) is 98.8 cm³/mol. The molecular formula is C20H21FN2O4. The molecule has 0 bridgehead atoms. The summed E-state index contributed by atoms with van der Waals surface area (Å²) in [4.78, 5) is 28.6. The van der Waals surface area contributed by atoms with Gasteiger partial charge in [-0.2, -0.15) is 0 Å². The van der Waals surface area contributed by atoms with Crippen molar-refractivity contribution in [2.45, 2.75) is 13.0 Å². The van der Waals surface area contributed by atoms with Gasteiger partial charge in [0.25, 0.3) is 5.91 Å². The third-order valence-corrected chi connectivity index (χ3v) is 4.70. The van der Waals surface area contributed by atoms with E-state index in [1.807, 2.05) is 0 Å². The number of anilines is 1. The number of benzene rings is 2. The molecule has 2 aromatic rings. The number of nitrogens with zero attached hydrogens (tertiary/aromatic N) is 2. The molecule has 0 saturated carbocycles. The van der Waals surface area contributed by atoms with Gasteiger partial charge in [0.15, 0.2) is 0 Å². The summed E-state index contributed by atoms with van der Waals surface area (Å²) in [6.45, 7) is 2.21. The van der Waals surface area contributed by atoms with Crippen molar-refractivity contribution in [3.63, 3.8) is 0 Å². The molecule has 7 heteroatoms. The maximum atomic E-state index is 14.0. The molecule has 0 aromatic heterocycles. The van der Waals surface area contributed by atoms with Crippen LogP contribution in [0.25, 0.3) is 0 Å². The molecule has 2 amide bonds. The number of hydrogen-bond acceptors (Lipinski definition) is 4. The monoisotopic (exact) mass is 372 g/mol. The van der Waals surface area contributed by atoms with Gasteiger partial charge in [-0.3, -0.25) is 9.59 Å². The van der Waals surface area contributed by atoms with E-state index in [2.05, 4.69) is 0 Å². The second kappa shape index (κ2) is 7.65. The first kappa shape index (κ1) is 18.7. The maximum absolute atomic E-state index is 14.0. The fraction of sp³-hybridized carbons (Fsp3) is 0.300. The molecule has 1 aliphatic rings. The Morgan fingerprint density at radius 3 is 2.52 bits per heavy atom. The van der Waals surface area contributed by atoms with Gasteiger partial charge < -0.3 is 19.3 Å². The van der Waals surface area contributed by atoms with Crippen molar-refractivity contribution in [2.24, 2.45) is 0 Å². The maximum Gasteiger partial charge on any atom is 0.257 e. The summed E-state index contributed by atoms with van der Waals surface area (Å²) < 4.78 is 24.5. The van der Waals surface area contributed by atoms with Crippen LogP contribution in [0.3, 0.4) is 0 Å². The smallest absolute Gasteiger partial charge is 0.257 e. The molecule has 0 N–H and O–H groups in total. The van der Waals surface area contributed by atoms with Gasteiger partial charge in [-0.1, -0.05) is 12.1 Å². The zero-order chi connectivity index (χ0) is 19.6. The highest BCUT2D eigenvalue weighted by molar-refractivity contribution is 6.04. The minimum Gasteiger partial charge on any atom is -0.497 e. The van der Waals surface area contributed by atoms with Crippen LogP contribution in [0.1, 0.15) is 17.3 Å². The quantitative estimate of drug-likeness (QED) is 0.828. The number of methoxy groups -OCH3 is 2. The van der Waals surface area contributed by atoms with Crippen molar-refractivity contribution in [3.05, 3.63) is 53.8 Å². The molecule has 1 aliphatic heterocycles. The van der Waals surface area contributed by atoms with Crippen LogP contribution in [-0.4, -0.2) is 50.1 Å². The van der Waals surface area contributed by atoms with Gasteiger partial charge in [0.05, 0.1) is 25.5 Å². The SMILES string of the molecule is COc1ccc(N2CCN(C(=O)c3ccccc3F)C(C)C2=O)c(OC)c1. The molecule has 1 heterocycles. The number of amides is 2. The van der Waals surface area contributed by atoms with Gasteiger partial charge in [0.1, 0.15) is 23.4 Å². The summed E-state index contributed by atoms with van der Waals surface area (Å²) in [5.74, 6) is -0.223. The average molecular weight is 372 g/mol.